The monoisotopic (exact) mass is 299 g/mol. The van der Waals surface area contributed by atoms with E-state index in [2.05, 4.69) is 0 Å². The van der Waals surface area contributed by atoms with Crippen molar-refractivity contribution in [3.05, 3.63) is 36.5 Å². The molecule has 0 radical (unpaired) electrons. The fourth-order valence-corrected chi connectivity index (χ4v) is 2.26. The van der Waals surface area contributed by atoms with Gasteiger partial charge in [0.1, 0.15) is 0 Å². The van der Waals surface area contributed by atoms with Crippen molar-refractivity contribution in [1.29, 1.82) is 0 Å². The number of rotatable bonds is 3. The Morgan fingerprint density at radius 3 is 0.818 bits per heavy atom. The van der Waals surface area contributed by atoms with Crippen molar-refractivity contribution in [2.75, 3.05) is 0 Å². The Morgan fingerprint density at radius 2 is 0.636 bits per heavy atom. The summed E-state index contributed by atoms with van der Waals surface area (Å²) < 4.78 is 0. The van der Waals surface area contributed by atoms with E-state index in [1.807, 2.05) is 0 Å². The molecule has 6 amide bonds. The van der Waals surface area contributed by atoms with E-state index in [1.165, 1.54) is 0 Å². The summed E-state index contributed by atoms with van der Waals surface area (Å²) in [4.78, 5) is 72.6. The highest BCUT2D eigenvalue weighted by molar-refractivity contribution is 6.70. The van der Waals surface area contributed by atoms with Gasteiger partial charge in [-0.05, 0) is 0 Å². The number of imide groups is 3. The predicted molar refractivity (Wildman–Crippen MR) is 68.7 cm³/mol. The number of hydrogen-bond acceptors (Lipinski definition) is 6. The summed E-state index contributed by atoms with van der Waals surface area (Å²) >= 11 is 0. The van der Waals surface area contributed by atoms with Gasteiger partial charge in [-0.15, -0.1) is 0 Å². The van der Waals surface area contributed by atoms with Gasteiger partial charge in [0.15, 0.2) is 0 Å². The zero-order valence-electron chi connectivity index (χ0n) is 10.8. The molecule has 0 aliphatic carbocycles. The number of carbonyl (C=O) groups is 6. The minimum atomic E-state index is -1.76. The van der Waals surface area contributed by atoms with Crippen molar-refractivity contribution in [1.82, 2.24) is 14.4 Å². The summed E-state index contributed by atoms with van der Waals surface area (Å²) in [6.07, 6.45) is 5.54. The summed E-state index contributed by atoms with van der Waals surface area (Å²) in [5.74, 6) is -5.03. The van der Waals surface area contributed by atoms with Crippen LogP contribution in [0.25, 0.3) is 0 Å². The van der Waals surface area contributed by atoms with Crippen molar-refractivity contribution in [2.45, 2.75) is 0 Å². The average molecular weight is 299 g/mol. The van der Waals surface area contributed by atoms with Crippen LogP contribution in [0.4, 0.5) is 0 Å². The summed E-state index contributed by atoms with van der Waals surface area (Å²) in [5, 5.41) is 0. The summed E-state index contributed by atoms with van der Waals surface area (Å²) in [5.41, 5.74) is 0. The van der Waals surface area contributed by atoms with Crippen LogP contribution in [0.1, 0.15) is 0 Å². The molecule has 3 aliphatic rings. The van der Waals surface area contributed by atoms with Crippen LogP contribution >= 0.6 is 0 Å². The van der Waals surface area contributed by atoms with E-state index in [0.29, 0.717) is 14.4 Å². The van der Waals surface area contributed by atoms with Crippen LogP contribution in [0.2, 0.25) is 0 Å². The minimum absolute atomic E-state index is 0.506. The molecule has 3 rings (SSSR count). The van der Waals surface area contributed by atoms with Crippen LogP contribution in [-0.4, -0.2) is 57.0 Å². The van der Waals surface area contributed by atoms with Crippen molar-refractivity contribution >= 4 is 42.6 Å². The molecule has 0 saturated heterocycles. The first-order valence-corrected chi connectivity index (χ1v) is 6.07. The van der Waals surface area contributed by atoms with E-state index in [-0.39, 0.29) is 0 Å². The molecule has 0 bridgehead atoms. The highest BCUT2D eigenvalue weighted by Gasteiger charge is 2.53. The second kappa shape index (κ2) is 4.62. The van der Waals surface area contributed by atoms with E-state index in [0.717, 1.165) is 36.5 Å². The average Bonchev–Trinajstić information content (AvgIpc) is 3.08. The lowest BCUT2D eigenvalue weighted by molar-refractivity contribution is -0.136. The molecule has 3 aliphatic heterocycles. The smallest absolute Gasteiger partial charge is 0.278 e. The van der Waals surface area contributed by atoms with Crippen molar-refractivity contribution in [3.8, 4) is 0 Å². The third-order valence-electron chi connectivity index (χ3n) is 3.22. The molecular formula is C12H6BN3O6. The zero-order valence-corrected chi connectivity index (χ0v) is 10.8. The highest BCUT2D eigenvalue weighted by atomic mass is 16.2. The number of nitrogens with zero attached hydrogens (tertiary/aromatic N) is 3. The van der Waals surface area contributed by atoms with Gasteiger partial charge in [-0.3, -0.25) is 43.2 Å². The molecule has 22 heavy (non-hydrogen) atoms. The molecule has 3 heterocycles. The van der Waals surface area contributed by atoms with E-state index in [1.54, 1.807) is 0 Å². The maximum atomic E-state index is 11.8. The Balaban J connectivity index is 2.07. The second-order valence-electron chi connectivity index (χ2n) is 4.49. The van der Waals surface area contributed by atoms with Gasteiger partial charge in [-0.2, -0.15) is 0 Å². The maximum Gasteiger partial charge on any atom is 0.534 e. The third kappa shape index (κ3) is 1.81. The van der Waals surface area contributed by atoms with Crippen LogP contribution in [0.15, 0.2) is 36.5 Å². The summed E-state index contributed by atoms with van der Waals surface area (Å²) in [6.45, 7) is 0. The highest BCUT2D eigenvalue weighted by Crippen LogP contribution is 2.20. The zero-order chi connectivity index (χ0) is 16.0. The molecule has 0 aromatic heterocycles. The number of carbonyl (C=O) groups excluding carboxylic acids is 6. The first-order chi connectivity index (χ1) is 10.4. The lowest BCUT2D eigenvalue weighted by atomic mass is 9.83. The second-order valence-corrected chi connectivity index (χ2v) is 4.49. The molecule has 0 aromatic carbocycles. The van der Waals surface area contributed by atoms with Crippen LogP contribution in [0, 0.1) is 0 Å². The predicted octanol–water partition coefficient (Wildman–Crippen LogP) is -2.25. The van der Waals surface area contributed by atoms with Gasteiger partial charge in [0.25, 0.3) is 0 Å². The maximum absolute atomic E-state index is 11.8. The van der Waals surface area contributed by atoms with Gasteiger partial charge in [0.2, 0.25) is 35.4 Å². The van der Waals surface area contributed by atoms with Crippen molar-refractivity contribution in [3.63, 3.8) is 0 Å². The normalized spacial score (nSPS) is 20.5. The molecule has 0 N–H and O–H groups in total. The molecule has 0 aromatic rings. The molecule has 0 atom stereocenters. The van der Waals surface area contributed by atoms with Crippen LogP contribution < -0.4 is 0 Å². The Bertz CT molecular complexity index is 598. The van der Waals surface area contributed by atoms with Gasteiger partial charge >= 0.3 is 7.12 Å². The molecule has 10 heteroatoms. The van der Waals surface area contributed by atoms with E-state index < -0.39 is 42.6 Å². The van der Waals surface area contributed by atoms with Crippen molar-refractivity contribution < 1.29 is 28.8 Å². The Hall–Kier alpha value is -3.30. The SMILES string of the molecule is O=C1C=CC(=O)N1B(N1C(=O)C=CC1=O)N1C(=O)C=CC1=O. The molecule has 108 valence electrons. The largest absolute Gasteiger partial charge is 0.534 e. The number of amides is 6. The lowest BCUT2D eigenvalue weighted by Crippen LogP contribution is -2.67. The van der Waals surface area contributed by atoms with Crippen LogP contribution in [0.5, 0.6) is 0 Å². The van der Waals surface area contributed by atoms with Gasteiger partial charge in [0.05, 0.1) is 0 Å². The minimum Gasteiger partial charge on any atom is -0.278 e. The fraction of sp³-hybridized carbons (Fsp3) is 0. The Kier molecular flexibility index (Phi) is 2.87. The van der Waals surface area contributed by atoms with Gasteiger partial charge in [-0.25, -0.2) is 0 Å². The van der Waals surface area contributed by atoms with Crippen LogP contribution in [0.3, 0.4) is 0 Å². The standard InChI is InChI=1S/C12H6BN3O6/c17-7-1-2-8(18)14(7)13(15-9(19)3-4-10(15)20)16-11(21)5-6-12(16)22/h1-6H. The van der Waals surface area contributed by atoms with Gasteiger partial charge in [-0.1, -0.05) is 0 Å². The Labute approximate surface area is 123 Å². The topological polar surface area (TPSA) is 112 Å². The molecule has 0 unspecified atom stereocenters. The van der Waals surface area contributed by atoms with E-state index in [9.17, 15) is 28.8 Å². The first kappa shape index (κ1) is 13.7. The van der Waals surface area contributed by atoms with Crippen molar-refractivity contribution in [2.24, 2.45) is 0 Å². The van der Waals surface area contributed by atoms with E-state index in [4.69, 9.17) is 0 Å². The van der Waals surface area contributed by atoms with E-state index >= 15 is 0 Å². The number of hydrogen-bond donors (Lipinski definition) is 0. The van der Waals surface area contributed by atoms with Gasteiger partial charge in [0, 0.05) is 36.5 Å². The van der Waals surface area contributed by atoms with Gasteiger partial charge < -0.3 is 0 Å². The third-order valence-corrected chi connectivity index (χ3v) is 3.22. The summed E-state index contributed by atoms with van der Waals surface area (Å²) in [6, 6.07) is 0. The molecule has 9 nitrogen and oxygen atoms in total. The molecule has 0 saturated carbocycles. The fourth-order valence-electron chi connectivity index (χ4n) is 2.26. The quantitative estimate of drug-likeness (QED) is 0.429. The molecular weight excluding hydrogens is 293 g/mol. The molecule has 0 spiro atoms. The summed E-state index contributed by atoms with van der Waals surface area (Å²) in [7, 11) is -1.76. The Morgan fingerprint density at radius 1 is 0.455 bits per heavy atom. The lowest BCUT2D eigenvalue weighted by Gasteiger charge is -2.33. The molecule has 0 fully saturated rings. The first-order valence-electron chi connectivity index (χ1n) is 6.07. The van der Waals surface area contributed by atoms with Crippen LogP contribution in [-0.2, 0) is 28.8 Å².